The van der Waals surface area contributed by atoms with E-state index in [-0.39, 0.29) is 43.7 Å². The molecule has 7 nitrogen and oxygen atoms in total. The summed E-state index contributed by atoms with van der Waals surface area (Å²) in [5.74, 6) is -0.212. The quantitative estimate of drug-likeness (QED) is 0.262. The number of nitrogens with one attached hydrogen (secondary N) is 1. The Morgan fingerprint density at radius 2 is 1.61 bits per heavy atom. The van der Waals surface area contributed by atoms with E-state index in [1.807, 2.05) is 81.4 Å². The molecule has 41 heavy (non-hydrogen) atoms. The Hall–Kier alpha value is -3.36. The van der Waals surface area contributed by atoms with E-state index < -0.39 is 16.1 Å². The highest BCUT2D eigenvalue weighted by atomic mass is 35.5. The molecule has 9 heteroatoms. The van der Waals surface area contributed by atoms with Gasteiger partial charge in [0.05, 0.1) is 11.9 Å². The largest absolute Gasteiger partial charge is 0.354 e. The first kappa shape index (κ1) is 32.2. The molecule has 3 aromatic carbocycles. The predicted octanol–water partition coefficient (Wildman–Crippen LogP) is 5.61. The lowest BCUT2D eigenvalue weighted by Crippen LogP contribution is -2.51. The van der Waals surface area contributed by atoms with Gasteiger partial charge in [-0.05, 0) is 60.2 Å². The third-order valence-electron chi connectivity index (χ3n) is 6.64. The third kappa shape index (κ3) is 10.2. The Labute approximate surface area is 249 Å². The molecule has 0 spiro atoms. The summed E-state index contributed by atoms with van der Waals surface area (Å²) in [5.41, 5.74) is 3.24. The number of carbonyl (C=O) groups is 2. The Morgan fingerprint density at radius 1 is 0.927 bits per heavy atom. The lowest BCUT2D eigenvalue weighted by atomic mass is 10.0. The molecule has 0 aliphatic carbocycles. The first-order chi connectivity index (χ1) is 19.4. The normalized spacial score (nSPS) is 12.1. The molecule has 0 radical (unpaired) electrons. The van der Waals surface area contributed by atoms with Crippen LogP contribution in [0.15, 0.2) is 78.9 Å². The van der Waals surface area contributed by atoms with E-state index in [4.69, 9.17) is 11.6 Å². The summed E-state index contributed by atoms with van der Waals surface area (Å²) < 4.78 is 26.6. The van der Waals surface area contributed by atoms with Gasteiger partial charge in [0.2, 0.25) is 21.8 Å². The van der Waals surface area contributed by atoms with Crippen molar-refractivity contribution in [3.8, 4) is 0 Å². The van der Waals surface area contributed by atoms with E-state index in [9.17, 15) is 18.0 Å². The molecule has 3 aromatic rings. The van der Waals surface area contributed by atoms with E-state index >= 15 is 0 Å². The first-order valence-corrected chi connectivity index (χ1v) is 16.1. The van der Waals surface area contributed by atoms with Crippen LogP contribution in [0.4, 0.5) is 5.69 Å². The standard InChI is InChI=1S/C32H40ClN3O4S/c1-24(2)22-34-32(38)30(21-26-12-6-5-7-13-26)35(23-27-14-9-15-28(33)20-27)31(37)17-10-18-36(41(4,39)40)29-16-8-11-25(3)19-29/h5-9,11-16,19-20,24,30H,10,17-18,21-23H2,1-4H3,(H,34,38). The third-order valence-corrected chi connectivity index (χ3v) is 8.07. The Morgan fingerprint density at radius 3 is 2.24 bits per heavy atom. The van der Waals surface area contributed by atoms with Crippen molar-refractivity contribution in [1.29, 1.82) is 0 Å². The van der Waals surface area contributed by atoms with Crippen molar-refractivity contribution in [3.05, 3.63) is 101 Å². The molecule has 0 heterocycles. The lowest BCUT2D eigenvalue weighted by molar-refractivity contribution is -0.141. The van der Waals surface area contributed by atoms with Gasteiger partial charge in [0.15, 0.2) is 0 Å². The second-order valence-electron chi connectivity index (χ2n) is 10.8. The molecular formula is C32H40ClN3O4S. The van der Waals surface area contributed by atoms with Crippen LogP contribution in [-0.2, 0) is 32.6 Å². The van der Waals surface area contributed by atoms with Crippen molar-refractivity contribution in [3.63, 3.8) is 0 Å². The molecule has 2 amide bonds. The topological polar surface area (TPSA) is 86.8 Å². The highest BCUT2D eigenvalue weighted by molar-refractivity contribution is 7.92. The van der Waals surface area contributed by atoms with Crippen LogP contribution in [0, 0.1) is 12.8 Å². The molecule has 1 N–H and O–H groups in total. The van der Waals surface area contributed by atoms with Crippen LogP contribution < -0.4 is 9.62 Å². The van der Waals surface area contributed by atoms with Crippen LogP contribution in [0.5, 0.6) is 0 Å². The van der Waals surface area contributed by atoms with E-state index in [0.717, 1.165) is 22.9 Å². The zero-order chi connectivity index (χ0) is 30.0. The van der Waals surface area contributed by atoms with E-state index in [1.54, 1.807) is 23.1 Å². The minimum Gasteiger partial charge on any atom is -0.354 e. The lowest BCUT2D eigenvalue weighted by Gasteiger charge is -2.32. The van der Waals surface area contributed by atoms with Crippen LogP contribution in [-0.4, -0.2) is 50.5 Å². The minimum absolute atomic E-state index is 0.0706. The first-order valence-electron chi connectivity index (χ1n) is 13.8. The van der Waals surface area contributed by atoms with Gasteiger partial charge in [-0.1, -0.05) is 80.0 Å². The van der Waals surface area contributed by atoms with Gasteiger partial charge >= 0.3 is 0 Å². The molecular weight excluding hydrogens is 558 g/mol. The number of amides is 2. The van der Waals surface area contributed by atoms with Gasteiger partial charge in [-0.25, -0.2) is 8.42 Å². The predicted molar refractivity (Wildman–Crippen MR) is 166 cm³/mol. The van der Waals surface area contributed by atoms with Crippen molar-refractivity contribution in [2.75, 3.05) is 23.7 Å². The Kier molecular flexibility index (Phi) is 11.8. The molecule has 3 rings (SSSR count). The number of rotatable bonds is 14. The molecule has 0 saturated carbocycles. The number of aryl methyl sites for hydroxylation is 1. The van der Waals surface area contributed by atoms with Crippen molar-refractivity contribution >= 4 is 39.1 Å². The minimum atomic E-state index is -3.56. The summed E-state index contributed by atoms with van der Waals surface area (Å²) in [7, 11) is -3.56. The van der Waals surface area contributed by atoms with Gasteiger partial charge in [-0.15, -0.1) is 0 Å². The van der Waals surface area contributed by atoms with Crippen molar-refractivity contribution in [1.82, 2.24) is 10.2 Å². The molecule has 0 fully saturated rings. The molecule has 0 aromatic heterocycles. The summed E-state index contributed by atoms with van der Waals surface area (Å²) in [6.07, 6.45) is 1.87. The fourth-order valence-corrected chi connectivity index (χ4v) is 5.77. The van der Waals surface area contributed by atoms with Crippen molar-refractivity contribution in [2.24, 2.45) is 5.92 Å². The number of hydrogen-bond acceptors (Lipinski definition) is 4. The van der Waals surface area contributed by atoms with Crippen LogP contribution in [0.2, 0.25) is 5.02 Å². The van der Waals surface area contributed by atoms with Crippen LogP contribution >= 0.6 is 11.6 Å². The average molecular weight is 598 g/mol. The highest BCUT2D eigenvalue weighted by Crippen LogP contribution is 2.22. The molecule has 0 saturated heterocycles. The Balaban J connectivity index is 1.88. The smallest absolute Gasteiger partial charge is 0.243 e. The van der Waals surface area contributed by atoms with E-state index in [0.29, 0.717) is 23.7 Å². The molecule has 220 valence electrons. The fraction of sp³-hybridized carbons (Fsp3) is 0.375. The zero-order valence-electron chi connectivity index (χ0n) is 24.2. The molecule has 1 unspecified atom stereocenters. The number of anilines is 1. The molecule has 1 atom stereocenters. The average Bonchev–Trinajstić information content (AvgIpc) is 2.91. The van der Waals surface area contributed by atoms with Crippen molar-refractivity contribution in [2.45, 2.75) is 52.6 Å². The summed E-state index contributed by atoms with van der Waals surface area (Å²) in [4.78, 5) is 29.0. The van der Waals surface area contributed by atoms with Gasteiger partial charge in [0.25, 0.3) is 0 Å². The maximum Gasteiger partial charge on any atom is 0.243 e. The van der Waals surface area contributed by atoms with Gasteiger partial charge in [0, 0.05) is 37.5 Å². The van der Waals surface area contributed by atoms with Gasteiger partial charge < -0.3 is 10.2 Å². The maximum absolute atomic E-state index is 13.9. The van der Waals surface area contributed by atoms with Gasteiger partial charge in [-0.2, -0.15) is 0 Å². The number of benzene rings is 3. The molecule has 0 aliphatic heterocycles. The monoisotopic (exact) mass is 597 g/mol. The summed E-state index contributed by atoms with van der Waals surface area (Å²) in [6.45, 7) is 6.76. The number of sulfonamides is 1. The fourth-order valence-electron chi connectivity index (χ4n) is 4.60. The second-order valence-corrected chi connectivity index (χ2v) is 13.1. The maximum atomic E-state index is 13.9. The van der Waals surface area contributed by atoms with E-state index in [2.05, 4.69) is 5.32 Å². The Bertz CT molecular complexity index is 1410. The van der Waals surface area contributed by atoms with Crippen LogP contribution in [0.25, 0.3) is 0 Å². The zero-order valence-corrected chi connectivity index (χ0v) is 25.8. The number of halogens is 1. The van der Waals surface area contributed by atoms with Gasteiger partial charge in [0.1, 0.15) is 6.04 Å². The molecule has 0 bridgehead atoms. The number of hydrogen-bond donors (Lipinski definition) is 1. The van der Waals surface area contributed by atoms with Crippen LogP contribution in [0.1, 0.15) is 43.4 Å². The van der Waals surface area contributed by atoms with Crippen LogP contribution in [0.3, 0.4) is 0 Å². The van der Waals surface area contributed by atoms with Gasteiger partial charge in [-0.3, -0.25) is 13.9 Å². The van der Waals surface area contributed by atoms with Crippen molar-refractivity contribution < 1.29 is 18.0 Å². The summed E-state index contributed by atoms with van der Waals surface area (Å²) >= 11 is 6.25. The SMILES string of the molecule is Cc1cccc(N(CCCC(=O)N(Cc2cccc(Cl)c2)C(Cc2ccccc2)C(=O)NCC(C)C)S(C)(=O)=O)c1. The van der Waals surface area contributed by atoms with E-state index in [1.165, 1.54) is 4.31 Å². The number of nitrogens with zero attached hydrogens (tertiary/aromatic N) is 2. The second kappa shape index (κ2) is 15.0. The molecule has 0 aliphatic rings. The number of carbonyl (C=O) groups excluding carboxylic acids is 2. The highest BCUT2D eigenvalue weighted by Gasteiger charge is 2.30. The summed E-state index contributed by atoms with van der Waals surface area (Å²) in [6, 6.07) is 23.4. The summed E-state index contributed by atoms with van der Waals surface area (Å²) in [5, 5.41) is 3.55.